The van der Waals surface area contributed by atoms with Crippen molar-refractivity contribution >= 4 is 17.8 Å². The first-order valence-corrected chi connectivity index (χ1v) is 6.71. The number of carboxylic acids is 1. The standard InChI is InChI=1S/C14H20N2O5/c1-3-14(2,13(19)20)9-16-11(17)6-7-15-12(18)10-5-4-8-21-10/h4-5,8H,3,6-7,9H2,1-2H3,(H,15,18)(H,16,17)(H,19,20). The van der Waals surface area contributed by atoms with Crippen molar-refractivity contribution in [3.63, 3.8) is 0 Å². The highest BCUT2D eigenvalue weighted by Crippen LogP contribution is 2.19. The maximum atomic E-state index is 11.6. The van der Waals surface area contributed by atoms with Crippen LogP contribution in [0.4, 0.5) is 0 Å². The second-order valence-electron chi connectivity index (χ2n) is 4.98. The minimum Gasteiger partial charge on any atom is -0.481 e. The zero-order chi connectivity index (χ0) is 15.9. The summed E-state index contributed by atoms with van der Waals surface area (Å²) in [7, 11) is 0. The molecule has 0 saturated carbocycles. The number of hydrogen-bond donors (Lipinski definition) is 3. The molecule has 21 heavy (non-hydrogen) atoms. The van der Waals surface area contributed by atoms with Gasteiger partial charge in [-0.2, -0.15) is 0 Å². The minimum absolute atomic E-state index is 0.0593. The fraction of sp³-hybridized carbons (Fsp3) is 0.500. The Bertz CT molecular complexity index is 497. The lowest BCUT2D eigenvalue weighted by molar-refractivity contribution is -0.148. The SMILES string of the molecule is CCC(C)(CNC(=O)CCNC(=O)c1ccco1)C(=O)O. The summed E-state index contributed by atoms with van der Waals surface area (Å²) in [6, 6.07) is 3.12. The number of carboxylic acid groups (broad SMARTS) is 1. The molecule has 3 N–H and O–H groups in total. The quantitative estimate of drug-likeness (QED) is 0.663. The Labute approximate surface area is 122 Å². The molecule has 1 heterocycles. The van der Waals surface area contributed by atoms with Gasteiger partial charge in [-0.15, -0.1) is 0 Å². The Hall–Kier alpha value is -2.31. The molecular formula is C14H20N2O5. The first-order chi connectivity index (χ1) is 9.89. The van der Waals surface area contributed by atoms with Crippen molar-refractivity contribution in [1.29, 1.82) is 0 Å². The maximum absolute atomic E-state index is 11.6. The van der Waals surface area contributed by atoms with Crippen LogP contribution in [0.25, 0.3) is 0 Å². The summed E-state index contributed by atoms with van der Waals surface area (Å²) in [5, 5.41) is 14.2. The Morgan fingerprint density at radius 1 is 1.33 bits per heavy atom. The molecule has 0 fully saturated rings. The van der Waals surface area contributed by atoms with Crippen LogP contribution in [0.5, 0.6) is 0 Å². The molecule has 116 valence electrons. The second kappa shape index (κ2) is 7.47. The first kappa shape index (κ1) is 16.7. The van der Waals surface area contributed by atoms with E-state index in [1.54, 1.807) is 19.9 Å². The summed E-state index contributed by atoms with van der Waals surface area (Å²) in [6.07, 6.45) is 1.88. The lowest BCUT2D eigenvalue weighted by atomic mass is 9.88. The van der Waals surface area contributed by atoms with Gasteiger partial charge in [-0.25, -0.2) is 0 Å². The molecule has 0 radical (unpaired) electrons. The van der Waals surface area contributed by atoms with Crippen LogP contribution < -0.4 is 10.6 Å². The third-order valence-electron chi connectivity index (χ3n) is 3.35. The van der Waals surface area contributed by atoms with Crippen LogP contribution >= 0.6 is 0 Å². The van der Waals surface area contributed by atoms with Gasteiger partial charge >= 0.3 is 5.97 Å². The highest BCUT2D eigenvalue weighted by Gasteiger charge is 2.31. The predicted octanol–water partition coefficient (Wildman–Crippen LogP) is 1.02. The molecule has 1 aromatic heterocycles. The van der Waals surface area contributed by atoms with Crippen LogP contribution in [0.1, 0.15) is 37.2 Å². The molecule has 1 aromatic rings. The molecule has 7 heteroatoms. The minimum atomic E-state index is -0.979. The van der Waals surface area contributed by atoms with Crippen LogP contribution in [-0.2, 0) is 9.59 Å². The van der Waals surface area contributed by atoms with E-state index in [1.807, 2.05) is 0 Å². The topological polar surface area (TPSA) is 109 Å². The molecule has 0 aliphatic rings. The van der Waals surface area contributed by atoms with Gasteiger partial charge in [-0.1, -0.05) is 6.92 Å². The van der Waals surface area contributed by atoms with Crippen molar-refractivity contribution in [3.05, 3.63) is 24.2 Å². The number of carbonyl (C=O) groups is 3. The summed E-state index contributed by atoms with van der Waals surface area (Å²) < 4.78 is 4.91. The second-order valence-corrected chi connectivity index (χ2v) is 4.98. The maximum Gasteiger partial charge on any atom is 0.311 e. The van der Waals surface area contributed by atoms with E-state index in [1.165, 1.54) is 12.3 Å². The van der Waals surface area contributed by atoms with Gasteiger partial charge in [0.2, 0.25) is 5.91 Å². The van der Waals surface area contributed by atoms with Gasteiger partial charge in [0.1, 0.15) is 0 Å². The molecule has 1 rings (SSSR count). The van der Waals surface area contributed by atoms with Gasteiger partial charge in [0.15, 0.2) is 5.76 Å². The molecular weight excluding hydrogens is 276 g/mol. The third kappa shape index (κ3) is 4.94. The lowest BCUT2D eigenvalue weighted by Gasteiger charge is -2.23. The van der Waals surface area contributed by atoms with Gasteiger partial charge in [0.05, 0.1) is 11.7 Å². The number of carbonyl (C=O) groups excluding carboxylic acids is 2. The molecule has 0 spiro atoms. The summed E-state index contributed by atoms with van der Waals surface area (Å²) in [4.78, 5) is 34.2. The van der Waals surface area contributed by atoms with E-state index in [4.69, 9.17) is 9.52 Å². The summed E-state index contributed by atoms with van der Waals surface area (Å²) in [5.41, 5.74) is -0.979. The highest BCUT2D eigenvalue weighted by molar-refractivity contribution is 5.91. The van der Waals surface area contributed by atoms with Gasteiger partial charge < -0.3 is 20.2 Å². The van der Waals surface area contributed by atoms with E-state index >= 15 is 0 Å². The molecule has 0 saturated heterocycles. The largest absolute Gasteiger partial charge is 0.481 e. The number of nitrogens with one attached hydrogen (secondary N) is 2. The molecule has 0 aliphatic carbocycles. The zero-order valence-electron chi connectivity index (χ0n) is 12.1. The molecule has 0 bridgehead atoms. The van der Waals surface area contributed by atoms with E-state index in [0.29, 0.717) is 6.42 Å². The van der Waals surface area contributed by atoms with E-state index in [-0.39, 0.29) is 31.2 Å². The Kier molecular flexibility index (Phi) is 5.95. The van der Waals surface area contributed by atoms with Crippen molar-refractivity contribution in [3.8, 4) is 0 Å². The fourth-order valence-corrected chi connectivity index (χ4v) is 1.52. The number of rotatable bonds is 8. The molecule has 1 atom stereocenters. The Balaban J connectivity index is 2.28. The number of hydrogen-bond acceptors (Lipinski definition) is 4. The number of aliphatic carboxylic acids is 1. The highest BCUT2D eigenvalue weighted by atomic mass is 16.4. The first-order valence-electron chi connectivity index (χ1n) is 6.71. The van der Waals surface area contributed by atoms with Gasteiger partial charge in [-0.05, 0) is 25.5 Å². The molecule has 2 amide bonds. The van der Waals surface area contributed by atoms with Crippen molar-refractivity contribution in [2.24, 2.45) is 5.41 Å². The van der Waals surface area contributed by atoms with Gasteiger partial charge in [0.25, 0.3) is 5.91 Å². The average Bonchev–Trinajstić information content (AvgIpc) is 2.98. The fourth-order valence-electron chi connectivity index (χ4n) is 1.52. The van der Waals surface area contributed by atoms with Crippen LogP contribution in [0.3, 0.4) is 0 Å². The Morgan fingerprint density at radius 2 is 2.05 bits per heavy atom. The number of amides is 2. The van der Waals surface area contributed by atoms with Crippen LogP contribution in [-0.4, -0.2) is 36.0 Å². The van der Waals surface area contributed by atoms with Crippen molar-refractivity contribution in [1.82, 2.24) is 10.6 Å². The zero-order valence-corrected chi connectivity index (χ0v) is 12.1. The summed E-state index contributed by atoms with van der Waals surface area (Å²) >= 11 is 0. The van der Waals surface area contributed by atoms with Gasteiger partial charge in [0, 0.05) is 19.5 Å². The normalized spacial score (nSPS) is 13.2. The van der Waals surface area contributed by atoms with Crippen molar-refractivity contribution in [2.45, 2.75) is 26.7 Å². The third-order valence-corrected chi connectivity index (χ3v) is 3.35. The Morgan fingerprint density at radius 3 is 2.57 bits per heavy atom. The molecule has 1 unspecified atom stereocenters. The van der Waals surface area contributed by atoms with E-state index in [2.05, 4.69) is 10.6 Å². The van der Waals surface area contributed by atoms with Crippen molar-refractivity contribution in [2.75, 3.05) is 13.1 Å². The summed E-state index contributed by atoms with van der Waals surface area (Å²) in [6.45, 7) is 3.54. The monoisotopic (exact) mass is 296 g/mol. The number of furan rings is 1. The van der Waals surface area contributed by atoms with Crippen LogP contribution in [0.15, 0.2) is 22.8 Å². The lowest BCUT2D eigenvalue weighted by Crippen LogP contribution is -2.41. The van der Waals surface area contributed by atoms with Crippen LogP contribution in [0.2, 0.25) is 0 Å². The van der Waals surface area contributed by atoms with Gasteiger partial charge in [-0.3, -0.25) is 14.4 Å². The van der Waals surface area contributed by atoms with Crippen molar-refractivity contribution < 1.29 is 23.9 Å². The molecule has 0 aliphatic heterocycles. The molecule has 0 aromatic carbocycles. The van der Waals surface area contributed by atoms with E-state index < -0.39 is 17.3 Å². The average molecular weight is 296 g/mol. The summed E-state index contributed by atoms with van der Waals surface area (Å²) in [5.74, 6) is -1.47. The van der Waals surface area contributed by atoms with E-state index in [9.17, 15) is 14.4 Å². The predicted molar refractivity (Wildman–Crippen MR) is 74.7 cm³/mol. The van der Waals surface area contributed by atoms with E-state index in [0.717, 1.165) is 0 Å². The molecule has 7 nitrogen and oxygen atoms in total. The van der Waals surface area contributed by atoms with Crippen LogP contribution in [0, 0.1) is 5.41 Å². The smallest absolute Gasteiger partial charge is 0.311 e.